The Hall–Kier alpha value is -3.67. The minimum absolute atomic E-state index is 0.00447. The van der Waals surface area contributed by atoms with Crippen LogP contribution in [0.15, 0.2) is 24.3 Å². The molecule has 0 saturated heterocycles. The molecule has 9 N–H and O–H groups in total. The first-order valence-electron chi connectivity index (χ1n) is 10.8. The summed E-state index contributed by atoms with van der Waals surface area (Å²) in [6.45, 7) is 4.86. The van der Waals surface area contributed by atoms with Gasteiger partial charge in [-0.05, 0) is 30.5 Å². The maximum Gasteiger partial charge on any atom is 0.325 e. The molecule has 34 heavy (non-hydrogen) atoms. The molecule has 1 rings (SSSR count). The number of benzene rings is 1. The fourth-order valence-electron chi connectivity index (χ4n) is 2.92. The third-order valence-electron chi connectivity index (χ3n) is 5.34. The van der Waals surface area contributed by atoms with Crippen LogP contribution in [0.1, 0.15) is 39.2 Å². The van der Waals surface area contributed by atoms with Crippen molar-refractivity contribution < 1.29 is 34.2 Å². The van der Waals surface area contributed by atoms with Crippen molar-refractivity contribution >= 4 is 29.6 Å². The summed E-state index contributed by atoms with van der Waals surface area (Å²) in [6.07, 6.45) is 0.00952. The molecule has 0 aliphatic rings. The Bertz CT molecular complexity index is 890. The predicted molar refractivity (Wildman–Crippen MR) is 122 cm³/mol. The average molecular weight is 480 g/mol. The molecule has 1 aromatic carbocycles. The van der Waals surface area contributed by atoms with Crippen molar-refractivity contribution in [2.45, 2.75) is 64.2 Å². The van der Waals surface area contributed by atoms with Gasteiger partial charge in [0.25, 0.3) is 0 Å². The molecule has 188 valence electrons. The molecule has 0 bridgehead atoms. The van der Waals surface area contributed by atoms with Gasteiger partial charge in [-0.25, -0.2) is 0 Å². The lowest BCUT2D eigenvalue weighted by Crippen LogP contribution is -2.58. The Morgan fingerprint density at radius 1 is 0.912 bits per heavy atom. The zero-order valence-corrected chi connectivity index (χ0v) is 19.4. The van der Waals surface area contributed by atoms with Gasteiger partial charge in [0.2, 0.25) is 23.6 Å². The first kappa shape index (κ1) is 28.4. The molecular formula is C22H33N5O7. The number of phenolic OH excluding ortho intramolecular Hbond substituents is 1. The van der Waals surface area contributed by atoms with Gasteiger partial charge in [-0.1, -0.05) is 32.4 Å². The van der Waals surface area contributed by atoms with E-state index < -0.39 is 60.2 Å². The SMILES string of the molecule is CCC(C)C(N)C(=O)NC(CC(N)=O)C(=O)NC(Cc1ccc(O)cc1)C(=O)NC(C)C(=O)O. The Balaban J connectivity index is 3.10. The molecular weight excluding hydrogens is 446 g/mol. The number of aliphatic carboxylic acids is 1. The summed E-state index contributed by atoms with van der Waals surface area (Å²) in [5.74, 6) is -4.66. The number of hydrogen-bond donors (Lipinski definition) is 7. The number of hydrogen-bond acceptors (Lipinski definition) is 7. The monoisotopic (exact) mass is 479 g/mol. The van der Waals surface area contributed by atoms with Crippen LogP contribution in [-0.2, 0) is 30.4 Å². The maximum absolute atomic E-state index is 12.9. The summed E-state index contributed by atoms with van der Waals surface area (Å²) in [5, 5.41) is 25.7. The fourth-order valence-corrected chi connectivity index (χ4v) is 2.92. The number of nitrogens with two attached hydrogens (primary N) is 2. The fraction of sp³-hybridized carbons (Fsp3) is 0.500. The second kappa shape index (κ2) is 13.1. The largest absolute Gasteiger partial charge is 0.508 e. The van der Waals surface area contributed by atoms with Crippen molar-refractivity contribution in [1.29, 1.82) is 0 Å². The van der Waals surface area contributed by atoms with Gasteiger partial charge in [-0.15, -0.1) is 0 Å². The topological polar surface area (TPSA) is 214 Å². The number of carbonyl (C=O) groups excluding carboxylic acids is 4. The van der Waals surface area contributed by atoms with Gasteiger partial charge >= 0.3 is 5.97 Å². The second-order valence-electron chi connectivity index (χ2n) is 8.14. The summed E-state index contributed by atoms with van der Waals surface area (Å²) >= 11 is 0. The third kappa shape index (κ3) is 9.06. The molecule has 5 atom stereocenters. The molecule has 0 aliphatic carbocycles. The average Bonchev–Trinajstić information content (AvgIpc) is 2.77. The molecule has 12 nitrogen and oxygen atoms in total. The zero-order chi connectivity index (χ0) is 26.0. The van der Waals surface area contributed by atoms with Gasteiger partial charge in [0, 0.05) is 6.42 Å². The van der Waals surface area contributed by atoms with Crippen LogP contribution in [0.25, 0.3) is 0 Å². The van der Waals surface area contributed by atoms with E-state index in [1.165, 1.54) is 31.2 Å². The number of amides is 4. The highest BCUT2D eigenvalue weighted by Gasteiger charge is 2.31. The summed E-state index contributed by atoms with van der Waals surface area (Å²) in [5.41, 5.74) is 11.7. The molecule has 0 saturated carbocycles. The number of carboxylic acid groups (broad SMARTS) is 1. The standard InChI is InChI=1S/C22H33N5O7/c1-4-11(2)18(24)21(32)27-16(10-17(23)29)20(31)26-15(19(30)25-12(3)22(33)34)9-13-5-7-14(28)8-6-13/h5-8,11-12,15-16,18,28H,4,9-10,24H2,1-3H3,(H2,23,29)(H,25,30)(H,26,31)(H,27,32)(H,33,34). The number of carboxylic acids is 1. The molecule has 0 aromatic heterocycles. The molecule has 5 unspecified atom stereocenters. The highest BCUT2D eigenvalue weighted by Crippen LogP contribution is 2.12. The molecule has 0 radical (unpaired) electrons. The van der Waals surface area contributed by atoms with Gasteiger partial charge in [0.05, 0.1) is 12.5 Å². The van der Waals surface area contributed by atoms with Crippen LogP contribution in [0.3, 0.4) is 0 Å². The Labute approximate surface area is 197 Å². The second-order valence-corrected chi connectivity index (χ2v) is 8.14. The Kier molecular flexibility index (Phi) is 11.0. The minimum atomic E-state index is -1.40. The molecule has 1 aromatic rings. The molecule has 12 heteroatoms. The van der Waals surface area contributed by atoms with E-state index in [0.717, 1.165) is 0 Å². The van der Waals surface area contributed by atoms with Crippen LogP contribution < -0.4 is 27.4 Å². The Morgan fingerprint density at radius 3 is 1.94 bits per heavy atom. The maximum atomic E-state index is 12.9. The van der Waals surface area contributed by atoms with E-state index in [0.29, 0.717) is 12.0 Å². The van der Waals surface area contributed by atoms with Crippen LogP contribution in [0.4, 0.5) is 0 Å². The number of nitrogens with one attached hydrogen (secondary N) is 3. The van der Waals surface area contributed by atoms with E-state index in [4.69, 9.17) is 16.6 Å². The van der Waals surface area contributed by atoms with E-state index in [-0.39, 0.29) is 18.1 Å². The van der Waals surface area contributed by atoms with Gasteiger partial charge in [-0.2, -0.15) is 0 Å². The van der Waals surface area contributed by atoms with Crippen molar-refractivity contribution in [3.8, 4) is 5.75 Å². The highest BCUT2D eigenvalue weighted by molar-refractivity contribution is 5.96. The summed E-state index contributed by atoms with van der Waals surface area (Å²) < 4.78 is 0. The van der Waals surface area contributed by atoms with E-state index in [1.807, 2.05) is 6.92 Å². The lowest BCUT2D eigenvalue weighted by atomic mass is 9.98. The predicted octanol–water partition coefficient (Wildman–Crippen LogP) is -1.26. The zero-order valence-electron chi connectivity index (χ0n) is 19.4. The smallest absolute Gasteiger partial charge is 0.325 e. The highest BCUT2D eigenvalue weighted by atomic mass is 16.4. The van der Waals surface area contributed by atoms with Gasteiger partial charge in [-0.3, -0.25) is 24.0 Å². The van der Waals surface area contributed by atoms with Crippen LogP contribution in [0.2, 0.25) is 0 Å². The van der Waals surface area contributed by atoms with E-state index in [9.17, 15) is 29.1 Å². The van der Waals surface area contributed by atoms with Crippen molar-refractivity contribution in [1.82, 2.24) is 16.0 Å². The number of primary amides is 1. The Morgan fingerprint density at radius 2 is 1.44 bits per heavy atom. The van der Waals surface area contributed by atoms with E-state index in [1.54, 1.807) is 6.92 Å². The van der Waals surface area contributed by atoms with Crippen molar-refractivity contribution in [2.24, 2.45) is 17.4 Å². The minimum Gasteiger partial charge on any atom is -0.508 e. The first-order chi connectivity index (χ1) is 15.8. The van der Waals surface area contributed by atoms with Gasteiger partial charge in [0.15, 0.2) is 0 Å². The number of carbonyl (C=O) groups is 5. The molecule has 4 amide bonds. The lowest BCUT2D eigenvalue weighted by molar-refractivity contribution is -0.142. The summed E-state index contributed by atoms with van der Waals surface area (Å²) in [6, 6.07) is 1.01. The summed E-state index contributed by atoms with van der Waals surface area (Å²) in [7, 11) is 0. The van der Waals surface area contributed by atoms with Crippen molar-refractivity contribution in [2.75, 3.05) is 0 Å². The van der Waals surface area contributed by atoms with Crippen LogP contribution in [0, 0.1) is 5.92 Å². The molecule has 0 fully saturated rings. The van der Waals surface area contributed by atoms with E-state index in [2.05, 4.69) is 16.0 Å². The van der Waals surface area contributed by atoms with E-state index >= 15 is 0 Å². The van der Waals surface area contributed by atoms with Gasteiger partial charge in [0.1, 0.15) is 23.9 Å². The van der Waals surface area contributed by atoms with Gasteiger partial charge < -0.3 is 37.6 Å². The quantitative estimate of drug-likeness (QED) is 0.181. The van der Waals surface area contributed by atoms with Crippen molar-refractivity contribution in [3.63, 3.8) is 0 Å². The summed E-state index contributed by atoms with van der Waals surface area (Å²) in [4.78, 5) is 60.8. The lowest BCUT2D eigenvalue weighted by Gasteiger charge is -2.25. The molecule has 0 heterocycles. The number of phenols is 1. The third-order valence-corrected chi connectivity index (χ3v) is 5.34. The molecule has 0 spiro atoms. The van der Waals surface area contributed by atoms with Crippen LogP contribution in [-0.4, -0.2) is 64.0 Å². The van der Waals surface area contributed by atoms with Crippen LogP contribution in [0.5, 0.6) is 5.75 Å². The molecule has 0 aliphatic heterocycles. The number of aromatic hydroxyl groups is 1. The van der Waals surface area contributed by atoms with Crippen molar-refractivity contribution in [3.05, 3.63) is 29.8 Å². The van der Waals surface area contributed by atoms with Crippen LogP contribution >= 0.6 is 0 Å². The first-order valence-corrected chi connectivity index (χ1v) is 10.8. The normalized spacial score (nSPS) is 15.2. The number of rotatable bonds is 13.